The maximum absolute atomic E-state index is 4.29. The fourth-order valence-electron chi connectivity index (χ4n) is 3.18. The quantitative estimate of drug-likeness (QED) is 0.721. The monoisotopic (exact) mass is 322 g/mol. The highest BCUT2D eigenvalue weighted by atomic mass is 32.1. The number of likely N-dealkylation sites (tertiary alicyclic amines) is 1. The van der Waals surface area contributed by atoms with Crippen molar-refractivity contribution in [2.75, 3.05) is 19.6 Å². The molecule has 1 aliphatic rings. The van der Waals surface area contributed by atoms with Crippen molar-refractivity contribution in [2.24, 2.45) is 0 Å². The van der Waals surface area contributed by atoms with Crippen LogP contribution in [0, 0.1) is 6.20 Å². The minimum absolute atomic E-state index is 0.981. The van der Waals surface area contributed by atoms with Crippen LogP contribution in [0.2, 0.25) is 0 Å². The molecule has 3 heterocycles. The van der Waals surface area contributed by atoms with Gasteiger partial charge in [0.05, 0.1) is 10.2 Å². The van der Waals surface area contributed by atoms with Crippen LogP contribution in [0.3, 0.4) is 0 Å². The number of benzene rings is 1. The first-order chi connectivity index (χ1) is 11.4. The number of hydrogen-bond donors (Lipinski definition) is 0. The van der Waals surface area contributed by atoms with Crippen LogP contribution in [0.15, 0.2) is 36.7 Å². The standard InChI is InChI=1S/C19H20N3S/c1-2-9-22(10-3-1)11-8-15-4-6-16(7-5-15)18-12-17-19(23-18)13-20-14-21-17/h4-7,12,14H,1-3,8-11H2. The van der Waals surface area contributed by atoms with Gasteiger partial charge in [-0.25, -0.2) is 9.97 Å². The molecule has 23 heavy (non-hydrogen) atoms. The van der Waals surface area contributed by atoms with E-state index in [1.165, 1.54) is 54.9 Å². The Kier molecular flexibility index (Phi) is 4.35. The molecule has 1 aliphatic heterocycles. The van der Waals surface area contributed by atoms with E-state index in [1.807, 2.05) is 0 Å². The van der Waals surface area contributed by atoms with E-state index in [-0.39, 0.29) is 0 Å². The number of hydrogen-bond acceptors (Lipinski definition) is 4. The van der Waals surface area contributed by atoms with Gasteiger partial charge in [-0.3, -0.25) is 0 Å². The molecule has 0 aliphatic carbocycles. The van der Waals surface area contributed by atoms with Crippen molar-refractivity contribution >= 4 is 21.6 Å². The van der Waals surface area contributed by atoms with E-state index in [1.54, 1.807) is 17.7 Å². The van der Waals surface area contributed by atoms with Crippen LogP contribution >= 0.6 is 11.3 Å². The topological polar surface area (TPSA) is 29.0 Å². The molecule has 0 N–H and O–H groups in total. The highest BCUT2D eigenvalue weighted by molar-refractivity contribution is 7.22. The molecule has 0 saturated carbocycles. The van der Waals surface area contributed by atoms with Gasteiger partial charge in [0, 0.05) is 11.4 Å². The Bertz CT molecular complexity index is 740. The first-order valence-corrected chi connectivity index (χ1v) is 9.14. The molecule has 1 radical (unpaired) electrons. The number of thiophene rings is 1. The second-order valence-electron chi connectivity index (χ2n) is 6.16. The summed E-state index contributed by atoms with van der Waals surface area (Å²) in [5, 5.41) is 0. The fourth-order valence-corrected chi connectivity index (χ4v) is 4.14. The van der Waals surface area contributed by atoms with Crippen molar-refractivity contribution in [1.82, 2.24) is 14.9 Å². The third kappa shape index (κ3) is 3.43. The molecule has 3 aromatic rings. The van der Waals surface area contributed by atoms with Gasteiger partial charge < -0.3 is 4.90 Å². The Morgan fingerprint density at radius 2 is 1.91 bits per heavy atom. The molecule has 117 valence electrons. The molecule has 0 unspecified atom stereocenters. The van der Waals surface area contributed by atoms with E-state index in [0.29, 0.717) is 0 Å². The molecule has 4 heteroatoms. The summed E-state index contributed by atoms with van der Waals surface area (Å²) in [5.41, 5.74) is 3.66. The van der Waals surface area contributed by atoms with Crippen molar-refractivity contribution in [3.05, 3.63) is 48.4 Å². The van der Waals surface area contributed by atoms with E-state index in [0.717, 1.165) is 16.6 Å². The Morgan fingerprint density at radius 1 is 1.09 bits per heavy atom. The van der Waals surface area contributed by atoms with Crippen LogP contribution in [0.25, 0.3) is 20.7 Å². The second kappa shape index (κ2) is 6.77. The highest BCUT2D eigenvalue weighted by Gasteiger charge is 2.10. The van der Waals surface area contributed by atoms with Crippen molar-refractivity contribution in [3.63, 3.8) is 0 Å². The minimum Gasteiger partial charge on any atom is -0.303 e. The summed E-state index contributed by atoms with van der Waals surface area (Å²) in [5.74, 6) is 0. The zero-order valence-electron chi connectivity index (χ0n) is 13.2. The van der Waals surface area contributed by atoms with Gasteiger partial charge in [0.25, 0.3) is 0 Å². The molecule has 1 fully saturated rings. The van der Waals surface area contributed by atoms with E-state index >= 15 is 0 Å². The molecule has 0 bridgehead atoms. The van der Waals surface area contributed by atoms with Gasteiger partial charge in [-0.15, -0.1) is 11.3 Å². The Labute approximate surface area is 141 Å². The molecular weight excluding hydrogens is 302 g/mol. The third-order valence-corrected chi connectivity index (χ3v) is 5.61. The number of rotatable bonds is 4. The van der Waals surface area contributed by atoms with Gasteiger partial charge >= 0.3 is 0 Å². The maximum atomic E-state index is 4.29. The fraction of sp³-hybridized carbons (Fsp3) is 0.368. The van der Waals surface area contributed by atoms with Crippen molar-refractivity contribution in [2.45, 2.75) is 25.7 Å². The van der Waals surface area contributed by atoms with Gasteiger partial charge in [-0.2, -0.15) is 0 Å². The largest absolute Gasteiger partial charge is 0.303 e. The van der Waals surface area contributed by atoms with Gasteiger partial charge in [-0.1, -0.05) is 30.7 Å². The van der Waals surface area contributed by atoms with Crippen LogP contribution in [0.1, 0.15) is 24.8 Å². The average molecular weight is 322 g/mol. The molecule has 0 spiro atoms. The van der Waals surface area contributed by atoms with Crippen LogP contribution in [-0.2, 0) is 6.42 Å². The molecule has 4 rings (SSSR count). The van der Waals surface area contributed by atoms with Crippen molar-refractivity contribution in [1.29, 1.82) is 0 Å². The number of nitrogens with zero attached hydrogens (tertiary/aromatic N) is 3. The summed E-state index contributed by atoms with van der Waals surface area (Å²) in [6.07, 6.45) is 9.85. The smallest absolute Gasteiger partial charge is 0.116 e. The third-order valence-electron chi connectivity index (χ3n) is 4.54. The van der Waals surface area contributed by atoms with E-state index in [9.17, 15) is 0 Å². The lowest BCUT2D eigenvalue weighted by Crippen LogP contribution is -2.31. The molecule has 1 aromatic carbocycles. The van der Waals surface area contributed by atoms with Gasteiger partial charge in [0.1, 0.15) is 12.5 Å². The van der Waals surface area contributed by atoms with Crippen LogP contribution < -0.4 is 0 Å². The molecule has 2 aromatic heterocycles. The van der Waals surface area contributed by atoms with Crippen molar-refractivity contribution < 1.29 is 0 Å². The number of fused-ring (bicyclic) bond motifs is 1. The van der Waals surface area contributed by atoms with Gasteiger partial charge in [-0.05, 0) is 49.5 Å². The zero-order valence-corrected chi connectivity index (χ0v) is 14.0. The van der Waals surface area contributed by atoms with Crippen LogP contribution in [0.5, 0.6) is 0 Å². The summed E-state index contributed by atoms with van der Waals surface area (Å²) in [6, 6.07) is 11.1. The zero-order chi connectivity index (χ0) is 15.5. The van der Waals surface area contributed by atoms with Crippen molar-refractivity contribution in [3.8, 4) is 10.4 Å². The highest BCUT2D eigenvalue weighted by Crippen LogP contribution is 2.31. The Balaban J connectivity index is 1.44. The SMILES string of the molecule is [c]1ncnc2cc(-c3ccc(CCN4CCCCC4)cc3)sc12. The van der Waals surface area contributed by atoms with E-state index in [2.05, 4.69) is 51.4 Å². The molecule has 0 amide bonds. The summed E-state index contributed by atoms with van der Waals surface area (Å²) in [6.45, 7) is 3.74. The van der Waals surface area contributed by atoms with Crippen LogP contribution in [0.4, 0.5) is 0 Å². The molecular formula is C19H20N3S. The first-order valence-electron chi connectivity index (χ1n) is 8.32. The summed E-state index contributed by atoms with van der Waals surface area (Å²) < 4.78 is 1.02. The van der Waals surface area contributed by atoms with Gasteiger partial charge in [0.15, 0.2) is 0 Å². The van der Waals surface area contributed by atoms with Gasteiger partial charge in [0.2, 0.25) is 0 Å². The molecule has 3 nitrogen and oxygen atoms in total. The summed E-state index contributed by atoms with van der Waals surface area (Å²) in [7, 11) is 0. The van der Waals surface area contributed by atoms with E-state index in [4.69, 9.17) is 0 Å². The number of aromatic nitrogens is 2. The van der Waals surface area contributed by atoms with E-state index < -0.39 is 0 Å². The first kappa shape index (κ1) is 14.8. The average Bonchev–Trinajstić information content (AvgIpc) is 3.05. The molecule has 1 saturated heterocycles. The number of piperidine rings is 1. The lowest BCUT2D eigenvalue weighted by molar-refractivity contribution is 0.231. The Morgan fingerprint density at radius 3 is 2.70 bits per heavy atom. The normalized spacial score (nSPS) is 16.0. The Hall–Kier alpha value is -1.78. The lowest BCUT2D eigenvalue weighted by atomic mass is 10.1. The molecule has 0 atom stereocenters. The predicted molar refractivity (Wildman–Crippen MR) is 95.7 cm³/mol. The predicted octanol–water partition coefficient (Wildman–Crippen LogP) is 4.19. The minimum atomic E-state index is 0.981. The maximum Gasteiger partial charge on any atom is 0.116 e. The summed E-state index contributed by atoms with van der Waals surface area (Å²) in [4.78, 5) is 12.1. The second-order valence-corrected chi connectivity index (χ2v) is 7.21. The summed E-state index contributed by atoms with van der Waals surface area (Å²) >= 11 is 1.70. The lowest BCUT2D eigenvalue weighted by Gasteiger charge is -2.26. The van der Waals surface area contributed by atoms with Crippen LogP contribution in [-0.4, -0.2) is 34.5 Å².